The van der Waals surface area contributed by atoms with Crippen molar-refractivity contribution >= 4 is 0 Å². The summed E-state index contributed by atoms with van der Waals surface area (Å²) in [4.78, 5) is 0. The van der Waals surface area contributed by atoms with Crippen molar-refractivity contribution in [2.45, 2.75) is 52.4 Å². The fraction of sp³-hybridized carbons (Fsp3) is 1.00. The minimum atomic E-state index is 0.680. The van der Waals surface area contributed by atoms with Gasteiger partial charge in [0.15, 0.2) is 0 Å². The predicted molar refractivity (Wildman–Crippen MR) is 48.5 cm³/mol. The van der Waals surface area contributed by atoms with Gasteiger partial charge in [-0.15, -0.1) is 0 Å². The van der Waals surface area contributed by atoms with Crippen LogP contribution in [0.5, 0.6) is 0 Å². The van der Waals surface area contributed by atoms with Gasteiger partial charge in [-0.3, -0.25) is 0 Å². The molecule has 0 spiro atoms. The number of fused-ring (bicyclic) bond motifs is 1. The molecule has 0 aliphatic heterocycles. The summed E-state index contributed by atoms with van der Waals surface area (Å²) in [6.07, 6.45) is 9.12. The largest absolute Gasteiger partial charge is 0.0599 e. The minimum absolute atomic E-state index is 0.680. The van der Waals surface area contributed by atoms with E-state index >= 15 is 0 Å². The van der Waals surface area contributed by atoms with Gasteiger partial charge in [0.25, 0.3) is 0 Å². The Bertz CT molecular complexity index is 130. The lowest BCUT2D eigenvalue weighted by Crippen LogP contribution is -2.12. The lowest BCUT2D eigenvalue weighted by Gasteiger charge is -2.24. The second-order valence-corrected chi connectivity index (χ2v) is 5.38. The smallest absolute Gasteiger partial charge is 0.0349 e. The molecule has 0 saturated heterocycles. The van der Waals surface area contributed by atoms with Gasteiger partial charge in [-0.2, -0.15) is 0 Å². The Morgan fingerprint density at radius 2 is 1.36 bits per heavy atom. The molecule has 0 aromatic heterocycles. The first kappa shape index (κ1) is 7.64. The van der Waals surface area contributed by atoms with Crippen LogP contribution in [0.15, 0.2) is 0 Å². The molecule has 64 valence electrons. The zero-order valence-corrected chi connectivity index (χ0v) is 7.90. The van der Waals surface area contributed by atoms with Crippen LogP contribution in [0.3, 0.4) is 0 Å². The second-order valence-electron chi connectivity index (χ2n) is 5.38. The summed E-state index contributed by atoms with van der Waals surface area (Å²) in [7, 11) is 0. The van der Waals surface area contributed by atoms with Gasteiger partial charge in [0, 0.05) is 0 Å². The Kier molecular flexibility index (Phi) is 1.74. The molecule has 2 aliphatic carbocycles. The normalized spacial score (nSPS) is 42.0. The van der Waals surface area contributed by atoms with Crippen molar-refractivity contribution in [2.75, 3.05) is 0 Å². The van der Waals surface area contributed by atoms with E-state index in [4.69, 9.17) is 0 Å². The standard InChI is InChI=1S/C11H20/c1-11(2)7-9-5-3-4-6-10(9)8-11/h9-10H,3-8H2,1-2H3. The summed E-state index contributed by atoms with van der Waals surface area (Å²) in [5.74, 6) is 2.22. The summed E-state index contributed by atoms with van der Waals surface area (Å²) in [5.41, 5.74) is 0.680. The fourth-order valence-electron chi connectivity index (χ4n) is 3.32. The number of rotatable bonds is 0. The van der Waals surface area contributed by atoms with E-state index in [-0.39, 0.29) is 0 Å². The van der Waals surface area contributed by atoms with Gasteiger partial charge in [0.2, 0.25) is 0 Å². The monoisotopic (exact) mass is 152 g/mol. The Labute approximate surface area is 70.4 Å². The van der Waals surface area contributed by atoms with Crippen molar-refractivity contribution in [2.24, 2.45) is 17.3 Å². The van der Waals surface area contributed by atoms with Crippen LogP contribution in [0.25, 0.3) is 0 Å². The molecule has 2 rings (SSSR count). The molecule has 0 N–H and O–H groups in total. The van der Waals surface area contributed by atoms with Crippen molar-refractivity contribution < 1.29 is 0 Å². The van der Waals surface area contributed by atoms with E-state index in [9.17, 15) is 0 Å². The van der Waals surface area contributed by atoms with E-state index in [1.807, 2.05) is 0 Å². The van der Waals surface area contributed by atoms with Gasteiger partial charge in [-0.25, -0.2) is 0 Å². The summed E-state index contributed by atoms with van der Waals surface area (Å²) in [6, 6.07) is 0. The van der Waals surface area contributed by atoms with Crippen LogP contribution in [0.4, 0.5) is 0 Å². The van der Waals surface area contributed by atoms with Crippen molar-refractivity contribution in [1.82, 2.24) is 0 Å². The van der Waals surface area contributed by atoms with Gasteiger partial charge in [0.05, 0.1) is 0 Å². The highest BCUT2D eigenvalue weighted by Crippen LogP contribution is 2.50. The molecule has 0 aromatic carbocycles. The van der Waals surface area contributed by atoms with Crippen LogP contribution >= 0.6 is 0 Å². The van der Waals surface area contributed by atoms with E-state index in [1.165, 1.54) is 38.5 Å². The zero-order valence-electron chi connectivity index (χ0n) is 7.90. The molecule has 11 heavy (non-hydrogen) atoms. The minimum Gasteiger partial charge on any atom is -0.0599 e. The third-order valence-corrected chi connectivity index (χ3v) is 3.70. The molecule has 0 nitrogen and oxygen atoms in total. The molecular weight excluding hydrogens is 132 g/mol. The molecular formula is C11H20. The summed E-state index contributed by atoms with van der Waals surface area (Å²) in [5, 5.41) is 0. The number of hydrogen-bond donors (Lipinski definition) is 0. The first-order valence-corrected chi connectivity index (χ1v) is 5.17. The predicted octanol–water partition coefficient (Wildman–Crippen LogP) is 3.61. The Balaban J connectivity index is 2.03. The van der Waals surface area contributed by atoms with Crippen molar-refractivity contribution in [3.05, 3.63) is 0 Å². The Morgan fingerprint density at radius 1 is 0.909 bits per heavy atom. The maximum atomic E-state index is 2.45. The molecule has 0 bridgehead atoms. The van der Waals surface area contributed by atoms with Crippen LogP contribution < -0.4 is 0 Å². The average molecular weight is 152 g/mol. The van der Waals surface area contributed by atoms with Crippen LogP contribution in [-0.4, -0.2) is 0 Å². The molecule has 0 aromatic rings. The SMILES string of the molecule is CC1(C)CC2CCCCC2C1. The lowest BCUT2D eigenvalue weighted by atomic mass is 9.82. The molecule has 2 fully saturated rings. The van der Waals surface area contributed by atoms with Crippen molar-refractivity contribution in [1.29, 1.82) is 0 Å². The quantitative estimate of drug-likeness (QED) is 0.497. The molecule has 2 atom stereocenters. The van der Waals surface area contributed by atoms with Gasteiger partial charge in [-0.1, -0.05) is 39.5 Å². The molecule has 2 saturated carbocycles. The molecule has 2 aliphatic rings. The van der Waals surface area contributed by atoms with E-state index in [0.29, 0.717) is 5.41 Å². The molecule has 0 radical (unpaired) electrons. The fourth-order valence-corrected chi connectivity index (χ4v) is 3.32. The summed E-state index contributed by atoms with van der Waals surface area (Å²) >= 11 is 0. The second kappa shape index (κ2) is 2.50. The van der Waals surface area contributed by atoms with Crippen LogP contribution in [0, 0.1) is 17.3 Å². The highest BCUT2D eigenvalue weighted by molar-refractivity contribution is 4.90. The summed E-state index contributed by atoms with van der Waals surface area (Å²) < 4.78 is 0. The van der Waals surface area contributed by atoms with Gasteiger partial charge in [0.1, 0.15) is 0 Å². The maximum absolute atomic E-state index is 2.45. The van der Waals surface area contributed by atoms with E-state index in [2.05, 4.69) is 13.8 Å². The Hall–Kier alpha value is 0. The van der Waals surface area contributed by atoms with Gasteiger partial charge < -0.3 is 0 Å². The summed E-state index contributed by atoms with van der Waals surface area (Å²) in [6.45, 7) is 4.90. The van der Waals surface area contributed by atoms with Crippen molar-refractivity contribution in [3.8, 4) is 0 Å². The molecule has 2 unspecified atom stereocenters. The van der Waals surface area contributed by atoms with Crippen molar-refractivity contribution in [3.63, 3.8) is 0 Å². The zero-order chi connectivity index (χ0) is 7.90. The highest BCUT2D eigenvalue weighted by atomic mass is 14.4. The van der Waals surface area contributed by atoms with Crippen LogP contribution in [-0.2, 0) is 0 Å². The Morgan fingerprint density at radius 3 is 1.82 bits per heavy atom. The third kappa shape index (κ3) is 1.45. The first-order chi connectivity index (χ1) is 5.17. The average Bonchev–Trinajstić information content (AvgIpc) is 2.21. The van der Waals surface area contributed by atoms with E-state index < -0.39 is 0 Å². The first-order valence-electron chi connectivity index (χ1n) is 5.17. The van der Waals surface area contributed by atoms with E-state index in [0.717, 1.165) is 11.8 Å². The molecule has 0 heteroatoms. The van der Waals surface area contributed by atoms with Crippen LogP contribution in [0.2, 0.25) is 0 Å². The molecule has 0 heterocycles. The maximum Gasteiger partial charge on any atom is -0.0349 e. The van der Waals surface area contributed by atoms with Gasteiger partial charge in [-0.05, 0) is 30.1 Å². The lowest BCUT2D eigenvalue weighted by molar-refractivity contribution is 0.277. The van der Waals surface area contributed by atoms with Crippen LogP contribution in [0.1, 0.15) is 52.4 Å². The number of hydrogen-bond acceptors (Lipinski definition) is 0. The third-order valence-electron chi connectivity index (χ3n) is 3.70. The topological polar surface area (TPSA) is 0 Å². The molecule has 0 amide bonds. The van der Waals surface area contributed by atoms with Gasteiger partial charge >= 0.3 is 0 Å². The highest BCUT2D eigenvalue weighted by Gasteiger charge is 2.39. The van der Waals surface area contributed by atoms with E-state index in [1.54, 1.807) is 0 Å².